The summed E-state index contributed by atoms with van der Waals surface area (Å²) in [6.07, 6.45) is 1.05. The van der Waals surface area contributed by atoms with Gasteiger partial charge in [0.1, 0.15) is 0 Å². The van der Waals surface area contributed by atoms with E-state index < -0.39 is 0 Å². The van der Waals surface area contributed by atoms with Crippen LogP contribution in [0.3, 0.4) is 0 Å². The lowest BCUT2D eigenvalue weighted by atomic mass is 10.2. The maximum atomic E-state index is 11.2. The molecule has 0 aliphatic carbocycles. The van der Waals surface area contributed by atoms with Gasteiger partial charge >= 0.3 is 0 Å². The van der Waals surface area contributed by atoms with Crippen LogP contribution in [-0.4, -0.2) is 49.2 Å². The van der Waals surface area contributed by atoms with E-state index in [1.54, 1.807) is 23.9 Å². The van der Waals surface area contributed by atoms with Crippen molar-refractivity contribution in [1.82, 2.24) is 10.2 Å². The first-order valence-electron chi connectivity index (χ1n) is 9.64. The van der Waals surface area contributed by atoms with Crippen molar-refractivity contribution >= 4 is 17.4 Å². The van der Waals surface area contributed by atoms with Crippen molar-refractivity contribution in [1.29, 1.82) is 0 Å². The molecule has 0 atom stereocenters. The van der Waals surface area contributed by atoms with Crippen LogP contribution in [0.1, 0.15) is 17.5 Å². The predicted octanol–water partition coefficient (Wildman–Crippen LogP) is 3.87. The lowest BCUT2D eigenvalue weighted by Crippen LogP contribution is -2.37. The van der Waals surface area contributed by atoms with Crippen LogP contribution in [0.5, 0.6) is 0 Å². The first-order valence-corrected chi connectivity index (χ1v) is 10.5. The van der Waals surface area contributed by atoms with Gasteiger partial charge in [-0.05, 0) is 50.2 Å². The molecular formula is C21H27N3O3S. The second-order valence-electron chi connectivity index (χ2n) is 6.95. The first kappa shape index (κ1) is 20.8. The summed E-state index contributed by atoms with van der Waals surface area (Å²) < 4.78 is 5.37. The van der Waals surface area contributed by atoms with E-state index in [-0.39, 0.29) is 10.6 Å². The number of aryl methyl sites for hydroxylation is 1. The molecule has 1 saturated heterocycles. The van der Waals surface area contributed by atoms with Crippen molar-refractivity contribution in [2.45, 2.75) is 29.7 Å². The molecule has 1 heterocycles. The number of hydrogen-bond acceptors (Lipinski definition) is 6. The van der Waals surface area contributed by atoms with Gasteiger partial charge in [-0.1, -0.05) is 29.5 Å². The van der Waals surface area contributed by atoms with E-state index >= 15 is 0 Å². The standard InChI is InChI=1S/C21H27N3O3S/c1-17-3-6-20(7-4-17)28-21-8-5-19(24(25)26)15-18(21)16-22-9-2-10-23-11-13-27-14-12-23/h3-8,15,22H,2,9-14,16H2,1H3. The topological polar surface area (TPSA) is 67.6 Å². The van der Waals surface area contributed by atoms with E-state index in [2.05, 4.69) is 41.4 Å². The highest BCUT2D eigenvalue weighted by Gasteiger charge is 2.12. The highest BCUT2D eigenvalue weighted by molar-refractivity contribution is 7.99. The zero-order valence-electron chi connectivity index (χ0n) is 16.2. The molecule has 0 spiro atoms. The average molecular weight is 402 g/mol. The van der Waals surface area contributed by atoms with Gasteiger partial charge in [-0.2, -0.15) is 0 Å². The van der Waals surface area contributed by atoms with Crippen LogP contribution in [0.25, 0.3) is 0 Å². The number of morpholine rings is 1. The molecule has 1 N–H and O–H groups in total. The number of benzene rings is 2. The van der Waals surface area contributed by atoms with Gasteiger partial charge in [-0.25, -0.2) is 0 Å². The molecule has 0 saturated carbocycles. The quantitative estimate of drug-likeness (QED) is 0.391. The fraction of sp³-hybridized carbons (Fsp3) is 0.429. The largest absolute Gasteiger partial charge is 0.379 e. The predicted molar refractivity (Wildman–Crippen MR) is 112 cm³/mol. The summed E-state index contributed by atoms with van der Waals surface area (Å²) in [4.78, 5) is 15.4. The zero-order chi connectivity index (χ0) is 19.8. The number of nitro groups is 1. The fourth-order valence-electron chi connectivity index (χ4n) is 3.13. The molecule has 150 valence electrons. The maximum absolute atomic E-state index is 11.2. The molecule has 0 radical (unpaired) electrons. The van der Waals surface area contributed by atoms with Crippen LogP contribution >= 0.6 is 11.8 Å². The van der Waals surface area contributed by atoms with Crippen molar-refractivity contribution in [3.05, 3.63) is 63.7 Å². The third kappa shape index (κ3) is 6.31. The minimum atomic E-state index is -0.331. The van der Waals surface area contributed by atoms with Gasteiger partial charge in [0.2, 0.25) is 0 Å². The van der Waals surface area contributed by atoms with Crippen LogP contribution in [0.15, 0.2) is 52.3 Å². The normalized spacial score (nSPS) is 14.9. The number of nitro benzene ring substituents is 1. The minimum Gasteiger partial charge on any atom is -0.379 e. The molecule has 1 aliphatic rings. The third-order valence-corrected chi connectivity index (χ3v) is 5.88. The lowest BCUT2D eigenvalue weighted by Gasteiger charge is -2.26. The molecular weight excluding hydrogens is 374 g/mol. The van der Waals surface area contributed by atoms with Crippen molar-refractivity contribution in [2.24, 2.45) is 0 Å². The van der Waals surface area contributed by atoms with E-state index in [4.69, 9.17) is 4.74 Å². The number of non-ortho nitro benzene ring substituents is 1. The van der Waals surface area contributed by atoms with Gasteiger partial charge in [-0.15, -0.1) is 0 Å². The number of nitrogens with one attached hydrogen (secondary N) is 1. The Kier molecular flexibility index (Phi) is 7.85. The Morgan fingerprint density at radius 3 is 2.64 bits per heavy atom. The van der Waals surface area contributed by atoms with Crippen LogP contribution in [0.4, 0.5) is 5.69 Å². The highest BCUT2D eigenvalue weighted by Crippen LogP contribution is 2.32. The summed E-state index contributed by atoms with van der Waals surface area (Å²) in [5.41, 5.74) is 2.32. The molecule has 7 heteroatoms. The van der Waals surface area contributed by atoms with Crippen molar-refractivity contribution in [2.75, 3.05) is 39.4 Å². The smallest absolute Gasteiger partial charge is 0.269 e. The Bertz CT molecular complexity index is 777. The van der Waals surface area contributed by atoms with E-state index in [1.807, 2.05) is 6.07 Å². The minimum absolute atomic E-state index is 0.137. The van der Waals surface area contributed by atoms with Crippen LogP contribution in [0, 0.1) is 17.0 Å². The Morgan fingerprint density at radius 2 is 1.93 bits per heavy atom. The number of ether oxygens (including phenoxy) is 1. The fourth-order valence-corrected chi connectivity index (χ4v) is 4.05. The van der Waals surface area contributed by atoms with Gasteiger partial charge in [0.05, 0.1) is 18.1 Å². The molecule has 28 heavy (non-hydrogen) atoms. The van der Waals surface area contributed by atoms with Crippen molar-refractivity contribution < 1.29 is 9.66 Å². The summed E-state index contributed by atoms with van der Waals surface area (Å²) in [7, 11) is 0. The highest BCUT2D eigenvalue weighted by atomic mass is 32.2. The summed E-state index contributed by atoms with van der Waals surface area (Å²) >= 11 is 1.65. The molecule has 1 fully saturated rings. The Morgan fingerprint density at radius 1 is 1.18 bits per heavy atom. The van der Waals surface area contributed by atoms with Crippen LogP contribution in [-0.2, 0) is 11.3 Å². The molecule has 0 amide bonds. The van der Waals surface area contributed by atoms with Crippen molar-refractivity contribution in [3.63, 3.8) is 0 Å². The van der Waals surface area contributed by atoms with E-state index in [0.717, 1.165) is 61.2 Å². The maximum Gasteiger partial charge on any atom is 0.269 e. The molecule has 3 rings (SSSR count). The molecule has 2 aromatic rings. The van der Waals surface area contributed by atoms with Crippen LogP contribution in [0.2, 0.25) is 0 Å². The summed E-state index contributed by atoms with van der Waals surface area (Å²) in [5.74, 6) is 0. The summed E-state index contributed by atoms with van der Waals surface area (Å²) in [5, 5.41) is 14.6. The molecule has 2 aromatic carbocycles. The molecule has 0 unspecified atom stereocenters. The van der Waals surface area contributed by atoms with E-state index in [9.17, 15) is 10.1 Å². The number of nitrogens with zero attached hydrogens (tertiary/aromatic N) is 2. The van der Waals surface area contributed by atoms with E-state index in [1.165, 1.54) is 5.56 Å². The molecule has 0 bridgehead atoms. The van der Waals surface area contributed by atoms with Gasteiger partial charge in [0, 0.05) is 41.6 Å². The monoisotopic (exact) mass is 401 g/mol. The van der Waals surface area contributed by atoms with Crippen molar-refractivity contribution in [3.8, 4) is 0 Å². The Labute approximate surface area is 170 Å². The van der Waals surface area contributed by atoms with E-state index in [0.29, 0.717) is 6.54 Å². The summed E-state index contributed by atoms with van der Waals surface area (Å²) in [6.45, 7) is 8.27. The van der Waals surface area contributed by atoms with Gasteiger partial charge in [0.15, 0.2) is 0 Å². The van der Waals surface area contributed by atoms with Gasteiger partial charge < -0.3 is 10.1 Å². The molecule has 0 aromatic heterocycles. The van der Waals surface area contributed by atoms with Gasteiger partial charge in [0.25, 0.3) is 5.69 Å². The molecule has 6 nitrogen and oxygen atoms in total. The first-order chi connectivity index (χ1) is 13.6. The average Bonchev–Trinajstić information content (AvgIpc) is 2.71. The number of rotatable bonds is 9. The Balaban J connectivity index is 1.57. The number of hydrogen-bond donors (Lipinski definition) is 1. The van der Waals surface area contributed by atoms with Crippen LogP contribution < -0.4 is 5.32 Å². The zero-order valence-corrected chi connectivity index (χ0v) is 17.0. The second kappa shape index (κ2) is 10.6. The lowest BCUT2D eigenvalue weighted by molar-refractivity contribution is -0.385. The van der Waals surface area contributed by atoms with Gasteiger partial charge in [-0.3, -0.25) is 15.0 Å². The third-order valence-electron chi connectivity index (χ3n) is 4.75. The molecule has 1 aliphatic heterocycles. The summed E-state index contributed by atoms with van der Waals surface area (Å²) in [6, 6.07) is 13.5. The Hall–Kier alpha value is -1.93. The SMILES string of the molecule is Cc1ccc(Sc2ccc([N+](=O)[O-])cc2CNCCCN2CCOCC2)cc1. The second-order valence-corrected chi connectivity index (χ2v) is 8.06.